The van der Waals surface area contributed by atoms with Gasteiger partial charge in [-0.2, -0.15) is 0 Å². The first-order valence-corrected chi connectivity index (χ1v) is 12.2. The van der Waals surface area contributed by atoms with Gasteiger partial charge in [0.1, 0.15) is 23.4 Å². The Hall–Kier alpha value is -4.44. The molecular formula is C28H28N2O8. The van der Waals surface area contributed by atoms with E-state index < -0.39 is 16.8 Å². The highest BCUT2D eigenvalue weighted by Gasteiger charge is 2.23. The van der Waals surface area contributed by atoms with Crippen LogP contribution in [0.4, 0.5) is 11.4 Å². The SMILES string of the molecule is COC1CCCC(Oc2ccc(Oc3ccc(CC(=O)Nc4ccc([N+](=O)[O-])cc4C(=O)O)cc3)cc2)C1. The van der Waals surface area contributed by atoms with Gasteiger partial charge in [0.2, 0.25) is 5.91 Å². The number of ether oxygens (including phenoxy) is 3. The number of rotatable bonds is 10. The summed E-state index contributed by atoms with van der Waals surface area (Å²) in [6.07, 6.45) is 4.41. The van der Waals surface area contributed by atoms with Crippen molar-refractivity contribution < 1.29 is 33.8 Å². The van der Waals surface area contributed by atoms with Crippen molar-refractivity contribution in [1.29, 1.82) is 0 Å². The smallest absolute Gasteiger partial charge is 0.338 e. The molecule has 2 unspecified atom stereocenters. The minimum Gasteiger partial charge on any atom is -0.490 e. The molecule has 198 valence electrons. The molecular weight excluding hydrogens is 492 g/mol. The first kappa shape index (κ1) is 26.6. The number of amides is 1. The van der Waals surface area contributed by atoms with E-state index in [0.29, 0.717) is 17.1 Å². The van der Waals surface area contributed by atoms with E-state index in [-0.39, 0.29) is 35.6 Å². The number of anilines is 1. The molecule has 1 amide bonds. The van der Waals surface area contributed by atoms with Crippen molar-refractivity contribution in [2.24, 2.45) is 0 Å². The Balaban J connectivity index is 1.31. The fourth-order valence-electron chi connectivity index (χ4n) is 4.32. The molecule has 3 aromatic rings. The van der Waals surface area contributed by atoms with Gasteiger partial charge in [-0.25, -0.2) is 4.79 Å². The molecule has 2 atom stereocenters. The molecule has 0 radical (unpaired) electrons. The molecule has 1 fully saturated rings. The number of non-ortho nitro benzene ring substituents is 1. The Morgan fingerprint density at radius 1 is 0.974 bits per heavy atom. The summed E-state index contributed by atoms with van der Waals surface area (Å²) in [5.41, 5.74) is -0.0602. The van der Waals surface area contributed by atoms with Gasteiger partial charge in [-0.15, -0.1) is 0 Å². The maximum atomic E-state index is 12.5. The summed E-state index contributed by atoms with van der Waals surface area (Å²) in [5.74, 6) is 0.168. The number of nitro groups is 1. The Bertz CT molecular complexity index is 1290. The standard InChI is InChI=1S/C28H28N2O8/c1-36-23-3-2-4-24(17-23)38-22-12-10-21(11-13-22)37-20-8-5-18(6-9-20)15-27(31)29-26-14-7-19(30(34)35)16-25(26)28(32)33/h5-14,16,23-24H,2-4,15,17H2,1H3,(H,29,31)(H,32,33). The number of nitrogens with one attached hydrogen (secondary N) is 1. The third kappa shape index (κ3) is 7.07. The van der Waals surface area contributed by atoms with Crippen molar-refractivity contribution in [3.05, 3.63) is 88.0 Å². The number of carboxylic acids is 1. The van der Waals surface area contributed by atoms with Crippen LogP contribution in [-0.4, -0.2) is 41.2 Å². The van der Waals surface area contributed by atoms with Crippen LogP contribution in [0.15, 0.2) is 66.7 Å². The van der Waals surface area contributed by atoms with E-state index in [4.69, 9.17) is 14.2 Å². The summed E-state index contributed by atoms with van der Waals surface area (Å²) in [6, 6.07) is 17.6. The lowest BCUT2D eigenvalue weighted by Gasteiger charge is -2.28. The molecule has 10 nitrogen and oxygen atoms in total. The minimum atomic E-state index is -1.38. The lowest BCUT2D eigenvalue weighted by Crippen LogP contribution is -2.29. The van der Waals surface area contributed by atoms with Gasteiger partial charge in [-0.05, 0) is 67.3 Å². The number of aromatic carboxylic acids is 1. The Morgan fingerprint density at radius 3 is 2.24 bits per heavy atom. The van der Waals surface area contributed by atoms with Gasteiger partial charge in [0.15, 0.2) is 0 Å². The predicted molar refractivity (Wildman–Crippen MR) is 139 cm³/mol. The van der Waals surface area contributed by atoms with Gasteiger partial charge in [-0.1, -0.05) is 12.1 Å². The molecule has 1 aliphatic carbocycles. The van der Waals surface area contributed by atoms with Crippen LogP contribution < -0.4 is 14.8 Å². The summed E-state index contributed by atoms with van der Waals surface area (Å²) in [4.78, 5) is 34.1. The van der Waals surface area contributed by atoms with E-state index in [9.17, 15) is 24.8 Å². The summed E-state index contributed by atoms with van der Waals surface area (Å²) in [5, 5.41) is 22.8. The van der Waals surface area contributed by atoms with E-state index in [1.807, 2.05) is 24.3 Å². The molecule has 10 heteroatoms. The zero-order valence-corrected chi connectivity index (χ0v) is 20.8. The number of methoxy groups -OCH3 is 1. The van der Waals surface area contributed by atoms with Gasteiger partial charge in [-0.3, -0.25) is 14.9 Å². The van der Waals surface area contributed by atoms with E-state index in [0.717, 1.165) is 43.6 Å². The van der Waals surface area contributed by atoms with Crippen molar-refractivity contribution in [1.82, 2.24) is 0 Å². The van der Waals surface area contributed by atoms with Crippen LogP contribution in [0.5, 0.6) is 17.2 Å². The van der Waals surface area contributed by atoms with E-state index in [2.05, 4.69) is 5.32 Å². The number of carbonyl (C=O) groups is 2. The second-order valence-corrected chi connectivity index (χ2v) is 9.00. The highest BCUT2D eigenvalue weighted by atomic mass is 16.6. The number of benzene rings is 3. The van der Waals surface area contributed by atoms with Crippen LogP contribution in [0.2, 0.25) is 0 Å². The topological polar surface area (TPSA) is 137 Å². The lowest BCUT2D eigenvalue weighted by molar-refractivity contribution is -0.384. The van der Waals surface area contributed by atoms with Crippen molar-refractivity contribution >= 4 is 23.3 Å². The first-order valence-electron chi connectivity index (χ1n) is 12.2. The number of carbonyl (C=O) groups excluding carboxylic acids is 1. The van der Waals surface area contributed by atoms with Crippen LogP contribution in [0.1, 0.15) is 41.6 Å². The van der Waals surface area contributed by atoms with Crippen LogP contribution >= 0.6 is 0 Å². The molecule has 0 bridgehead atoms. The minimum absolute atomic E-state index is 0.0116. The van der Waals surface area contributed by atoms with Gasteiger partial charge in [0.05, 0.1) is 28.7 Å². The van der Waals surface area contributed by atoms with Gasteiger partial charge in [0, 0.05) is 25.7 Å². The number of carboxylic acid groups (broad SMARTS) is 1. The van der Waals surface area contributed by atoms with Crippen molar-refractivity contribution in [2.75, 3.05) is 12.4 Å². The predicted octanol–water partition coefficient (Wildman–Crippen LogP) is 5.60. The third-order valence-electron chi connectivity index (χ3n) is 6.28. The largest absolute Gasteiger partial charge is 0.490 e. The molecule has 0 aromatic heterocycles. The maximum absolute atomic E-state index is 12.5. The van der Waals surface area contributed by atoms with Crippen LogP contribution in [0, 0.1) is 10.1 Å². The average Bonchev–Trinajstić information content (AvgIpc) is 2.91. The highest BCUT2D eigenvalue weighted by Crippen LogP contribution is 2.28. The maximum Gasteiger partial charge on any atom is 0.338 e. The van der Waals surface area contributed by atoms with Crippen LogP contribution in [0.25, 0.3) is 0 Å². The molecule has 1 saturated carbocycles. The summed E-state index contributed by atoms with van der Waals surface area (Å²) in [6.45, 7) is 0. The second kappa shape index (κ2) is 12.2. The van der Waals surface area contributed by atoms with Crippen molar-refractivity contribution in [2.45, 2.75) is 44.3 Å². The Labute approximate surface area is 219 Å². The van der Waals surface area contributed by atoms with E-state index in [1.54, 1.807) is 31.4 Å². The highest BCUT2D eigenvalue weighted by molar-refractivity contribution is 6.01. The summed E-state index contributed by atoms with van der Waals surface area (Å²) < 4.78 is 17.4. The molecule has 4 rings (SSSR count). The molecule has 0 heterocycles. The number of nitro benzene ring substituents is 1. The summed E-state index contributed by atoms with van der Waals surface area (Å²) >= 11 is 0. The van der Waals surface area contributed by atoms with Gasteiger partial charge >= 0.3 is 5.97 Å². The molecule has 0 aliphatic heterocycles. The van der Waals surface area contributed by atoms with E-state index >= 15 is 0 Å². The number of nitrogens with zero attached hydrogens (tertiary/aromatic N) is 1. The Kier molecular flexibility index (Phi) is 8.55. The molecule has 2 N–H and O–H groups in total. The summed E-state index contributed by atoms with van der Waals surface area (Å²) in [7, 11) is 1.74. The quantitative estimate of drug-likeness (QED) is 0.260. The first-order chi connectivity index (χ1) is 18.3. The fraction of sp³-hybridized carbons (Fsp3) is 0.286. The lowest BCUT2D eigenvalue weighted by atomic mass is 9.95. The molecule has 0 saturated heterocycles. The molecule has 1 aliphatic rings. The molecule has 3 aromatic carbocycles. The van der Waals surface area contributed by atoms with E-state index in [1.165, 1.54) is 6.07 Å². The second-order valence-electron chi connectivity index (χ2n) is 9.00. The molecule has 0 spiro atoms. The van der Waals surface area contributed by atoms with Crippen molar-refractivity contribution in [3.63, 3.8) is 0 Å². The third-order valence-corrected chi connectivity index (χ3v) is 6.28. The molecule has 38 heavy (non-hydrogen) atoms. The van der Waals surface area contributed by atoms with Crippen molar-refractivity contribution in [3.8, 4) is 17.2 Å². The zero-order valence-electron chi connectivity index (χ0n) is 20.8. The van der Waals surface area contributed by atoms with Gasteiger partial charge < -0.3 is 24.6 Å². The number of hydrogen-bond acceptors (Lipinski definition) is 7. The van der Waals surface area contributed by atoms with Crippen LogP contribution in [-0.2, 0) is 16.0 Å². The monoisotopic (exact) mass is 520 g/mol. The average molecular weight is 521 g/mol. The zero-order chi connectivity index (χ0) is 27.1. The fourth-order valence-corrected chi connectivity index (χ4v) is 4.32. The Morgan fingerprint density at radius 2 is 1.61 bits per heavy atom. The number of hydrogen-bond donors (Lipinski definition) is 2. The van der Waals surface area contributed by atoms with Crippen LogP contribution in [0.3, 0.4) is 0 Å². The normalized spacial score (nSPS) is 16.9. The van der Waals surface area contributed by atoms with Gasteiger partial charge in [0.25, 0.3) is 5.69 Å².